The summed E-state index contributed by atoms with van der Waals surface area (Å²) in [7, 11) is 0. The van der Waals surface area contributed by atoms with Crippen molar-refractivity contribution in [3.05, 3.63) is 63.6 Å². The Morgan fingerprint density at radius 3 is 2.93 bits per heavy atom. The van der Waals surface area contributed by atoms with Crippen LogP contribution in [0.25, 0.3) is 6.08 Å². The molecular formula is C20H18Cl2N2O3. The van der Waals surface area contributed by atoms with Gasteiger partial charge in [0.25, 0.3) is 0 Å². The summed E-state index contributed by atoms with van der Waals surface area (Å²) in [6.45, 7) is 0.697. The van der Waals surface area contributed by atoms with E-state index in [-0.39, 0.29) is 11.8 Å². The van der Waals surface area contributed by atoms with E-state index in [1.54, 1.807) is 30.3 Å². The number of anilines is 1. The highest BCUT2D eigenvalue weighted by Crippen LogP contribution is 2.27. The van der Waals surface area contributed by atoms with Gasteiger partial charge in [0.05, 0.1) is 16.6 Å². The molecule has 5 nitrogen and oxygen atoms in total. The molecule has 0 unspecified atom stereocenters. The molecule has 1 aliphatic rings. The van der Waals surface area contributed by atoms with Crippen molar-refractivity contribution < 1.29 is 14.3 Å². The van der Waals surface area contributed by atoms with E-state index < -0.39 is 0 Å². The lowest BCUT2D eigenvalue weighted by molar-refractivity contribution is -0.117. The van der Waals surface area contributed by atoms with Gasteiger partial charge in [0, 0.05) is 18.2 Å². The molecule has 2 N–H and O–H groups in total. The van der Waals surface area contributed by atoms with Gasteiger partial charge in [-0.05, 0) is 47.9 Å². The molecule has 0 bridgehead atoms. The van der Waals surface area contributed by atoms with Crippen LogP contribution in [0.2, 0.25) is 10.0 Å². The van der Waals surface area contributed by atoms with Crippen molar-refractivity contribution in [1.29, 1.82) is 0 Å². The first-order valence-electron chi connectivity index (χ1n) is 8.48. The first-order chi connectivity index (χ1) is 13.0. The van der Waals surface area contributed by atoms with Crippen LogP contribution in [0.3, 0.4) is 0 Å². The second kappa shape index (κ2) is 8.93. The van der Waals surface area contributed by atoms with Crippen LogP contribution in [0, 0.1) is 0 Å². The Morgan fingerprint density at radius 1 is 1.22 bits per heavy atom. The van der Waals surface area contributed by atoms with Crippen LogP contribution >= 0.6 is 23.2 Å². The van der Waals surface area contributed by atoms with Crippen LogP contribution in [0.1, 0.15) is 17.5 Å². The Bertz CT molecular complexity index is 897. The molecule has 2 amide bonds. The summed E-state index contributed by atoms with van der Waals surface area (Å²) in [4.78, 5) is 23.2. The maximum Gasteiger partial charge on any atom is 0.244 e. The van der Waals surface area contributed by atoms with Gasteiger partial charge in [-0.15, -0.1) is 0 Å². The number of aryl methyl sites for hydroxylation is 1. The molecule has 0 aromatic heterocycles. The molecule has 2 aromatic rings. The van der Waals surface area contributed by atoms with Gasteiger partial charge in [0.1, 0.15) is 12.4 Å². The monoisotopic (exact) mass is 404 g/mol. The highest BCUT2D eigenvalue weighted by atomic mass is 35.5. The molecule has 1 heterocycles. The first kappa shape index (κ1) is 19.3. The van der Waals surface area contributed by atoms with Gasteiger partial charge in [0.2, 0.25) is 11.8 Å². The number of hydrogen-bond donors (Lipinski definition) is 2. The van der Waals surface area contributed by atoms with Gasteiger partial charge in [-0.1, -0.05) is 35.3 Å². The van der Waals surface area contributed by atoms with Crippen molar-refractivity contribution in [3.8, 4) is 5.75 Å². The molecule has 0 spiro atoms. The maximum absolute atomic E-state index is 11.9. The van der Waals surface area contributed by atoms with Crippen molar-refractivity contribution in [2.24, 2.45) is 0 Å². The van der Waals surface area contributed by atoms with Crippen LogP contribution in [-0.2, 0) is 16.0 Å². The number of nitrogens with one attached hydrogen (secondary N) is 2. The topological polar surface area (TPSA) is 67.4 Å². The number of fused-ring (bicyclic) bond motifs is 1. The molecule has 0 saturated heterocycles. The van der Waals surface area contributed by atoms with E-state index in [0.717, 1.165) is 11.3 Å². The summed E-state index contributed by atoms with van der Waals surface area (Å²) in [5.41, 5.74) is 2.56. The maximum atomic E-state index is 11.9. The number of carbonyl (C=O) groups excluding carboxylic acids is 2. The molecule has 7 heteroatoms. The molecular weight excluding hydrogens is 387 g/mol. The first-order valence-corrected chi connectivity index (χ1v) is 9.24. The SMILES string of the molecule is O=C(/C=C/c1cccc(Cl)c1Cl)NCCOc1ccc2c(c1)CCC(=O)N2. The van der Waals surface area contributed by atoms with E-state index in [9.17, 15) is 9.59 Å². The average Bonchev–Trinajstić information content (AvgIpc) is 2.66. The minimum absolute atomic E-state index is 0.0333. The second-order valence-electron chi connectivity index (χ2n) is 5.98. The highest BCUT2D eigenvalue weighted by Gasteiger charge is 2.14. The fourth-order valence-corrected chi connectivity index (χ4v) is 3.04. The summed E-state index contributed by atoms with van der Waals surface area (Å²) in [6.07, 6.45) is 4.20. The lowest BCUT2D eigenvalue weighted by Crippen LogP contribution is -2.26. The van der Waals surface area contributed by atoms with Crippen molar-refractivity contribution in [3.63, 3.8) is 0 Å². The quantitative estimate of drug-likeness (QED) is 0.562. The number of amides is 2. The molecule has 0 fully saturated rings. The van der Waals surface area contributed by atoms with Crippen LogP contribution in [0.4, 0.5) is 5.69 Å². The predicted molar refractivity (Wildman–Crippen MR) is 107 cm³/mol. The number of halogens is 2. The lowest BCUT2D eigenvalue weighted by Gasteiger charge is -2.17. The van der Waals surface area contributed by atoms with Gasteiger partial charge in [0.15, 0.2) is 0 Å². The number of hydrogen-bond acceptors (Lipinski definition) is 3. The van der Waals surface area contributed by atoms with Gasteiger partial charge in [-0.2, -0.15) is 0 Å². The van der Waals surface area contributed by atoms with Crippen molar-refractivity contribution in [2.75, 3.05) is 18.5 Å². The molecule has 0 saturated carbocycles. The van der Waals surface area contributed by atoms with Crippen LogP contribution < -0.4 is 15.4 Å². The number of ether oxygens (including phenoxy) is 1. The van der Waals surface area contributed by atoms with Crippen LogP contribution in [0.5, 0.6) is 5.75 Å². The zero-order chi connectivity index (χ0) is 19.2. The fraction of sp³-hybridized carbons (Fsp3) is 0.200. The summed E-state index contributed by atoms with van der Waals surface area (Å²) in [5.74, 6) is 0.495. The van der Waals surface area contributed by atoms with Crippen LogP contribution in [0.15, 0.2) is 42.5 Å². The van der Waals surface area contributed by atoms with Gasteiger partial charge < -0.3 is 15.4 Å². The molecule has 2 aromatic carbocycles. The average molecular weight is 405 g/mol. The van der Waals surface area contributed by atoms with E-state index in [2.05, 4.69) is 10.6 Å². The fourth-order valence-electron chi connectivity index (χ4n) is 2.67. The second-order valence-corrected chi connectivity index (χ2v) is 6.77. The van der Waals surface area contributed by atoms with Gasteiger partial charge in [-0.3, -0.25) is 9.59 Å². The molecule has 0 radical (unpaired) electrons. The van der Waals surface area contributed by atoms with Crippen molar-refractivity contribution in [2.45, 2.75) is 12.8 Å². The number of benzene rings is 2. The number of rotatable bonds is 6. The van der Waals surface area contributed by atoms with Crippen molar-refractivity contribution >= 4 is 46.8 Å². The summed E-state index contributed by atoms with van der Waals surface area (Å²) in [6, 6.07) is 10.8. The number of carbonyl (C=O) groups is 2. The van der Waals surface area contributed by atoms with E-state index in [1.165, 1.54) is 6.08 Å². The molecule has 0 aliphatic carbocycles. The zero-order valence-corrected chi connectivity index (χ0v) is 15.9. The Labute approximate surface area is 167 Å². The van der Waals surface area contributed by atoms with Crippen LogP contribution in [-0.4, -0.2) is 25.0 Å². The third kappa shape index (κ3) is 5.25. The zero-order valence-electron chi connectivity index (χ0n) is 14.4. The van der Waals surface area contributed by atoms with E-state index in [1.807, 2.05) is 12.1 Å². The lowest BCUT2D eigenvalue weighted by atomic mass is 10.0. The normalized spacial score (nSPS) is 13.2. The Morgan fingerprint density at radius 2 is 2.07 bits per heavy atom. The van der Waals surface area contributed by atoms with Gasteiger partial charge in [-0.25, -0.2) is 0 Å². The highest BCUT2D eigenvalue weighted by molar-refractivity contribution is 6.42. The minimum atomic E-state index is -0.247. The third-order valence-electron chi connectivity index (χ3n) is 4.04. The van der Waals surface area contributed by atoms with E-state index in [0.29, 0.717) is 47.4 Å². The molecule has 1 aliphatic heterocycles. The van der Waals surface area contributed by atoms with Crippen molar-refractivity contribution in [1.82, 2.24) is 5.32 Å². The molecule has 0 atom stereocenters. The van der Waals surface area contributed by atoms with Gasteiger partial charge >= 0.3 is 0 Å². The standard InChI is InChI=1S/C20H18Cl2N2O3/c21-16-3-1-2-13(20(16)22)4-8-18(25)23-10-11-27-15-6-7-17-14(12-15)5-9-19(26)24-17/h1-4,6-8,12H,5,9-11H2,(H,23,25)(H,24,26)/b8-4+. The predicted octanol–water partition coefficient (Wildman–Crippen LogP) is 4.09. The summed E-state index contributed by atoms with van der Waals surface area (Å²) in [5, 5.41) is 6.42. The van der Waals surface area contributed by atoms with E-state index >= 15 is 0 Å². The smallest absolute Gasteiger partial charge is 0.244 e. The van der Waals surface area contributed by atoms with E-state index in [4.69, 9.17) is 27.9 Å². The minimum Gasteiger partial charge on any atom is -0.492 e. The Kier molecular flexibility index (Phi) is 6.37. The molecule has 140 valence electrons. The molecule has 27 heavy (non-hydrogen) atoms. The Hall–Kier alpha value is -2.50. The molecule has 3 rings (SSSR count). The third-order valence-corrected chi connectivity index (χ3v) is 4.87. The summed E-state index contributed by atoms with van der Waals surface area (Å²) >= 11 is 12.0. The Balaban J connectivity index is 1.45. The largest absolute Gasteiger partial charge is 0.492 e. The summed E-state index contributed by atoms with van der Waals surface area (Å²) < 4.78 is 5.66.